The second-order valence-electron chi connectivity index (χ2n) is 7.24. The van der Waals surface area contributed by atoms with Crippen LogP contribution in [0.25, 0.3) is 0 Å². The number of hydrogen-bond acceptors (Lipinski definition) is 5. The predicted molar refractivity (Wildman–Crippen MR) is 105 cm³/mol. The number of nitrogens with zero attached hydrogens (tertiary/aromatic N) is 2. The Morgan fingerprint density at radius 3 is 2.79 bits per heavy atom. The van der Waals surface area contributed by atoms with Crippen molar-refractivity contribution < 1.29 is 28.7 Å². The van der Waals surface area contributed by atoms with E-state index < -0.39 is 6.09 Å². The van der Waals surface area contributed by atoms with Crippen LogP contribution in [0.3, 0.4) is 0 Å². The quantitative estimate of drug-likeness (QED) is 0.351. The lowest BCUT2D eigenvalue weighted by Crippen LogP contribution is -2.43. The molecule has 29 heavy (non-hydrogen) atoms. The highest BCUT2D eigenvalue weighted by Gasteiger charge is 2.22. The zero-order chi connectivity index (χ0) is 21.1. The Hall–Kier alpha value is -2.71. The lowest BCUT2D eigenvalue weighted by molar-refractivity contribution is -0.800. The highest BCUT2D eigenvalue weighted by atomic mass is 16.8. The molecule has 1 heterocycles. The molecule has 1 aromatic rings. The van der Waals surface area contributed by atoms with Gasteiger partial charge in [0.2, 0.25) is 11.5 Å². The molecule has 1 atom stereocenters. The minimum Gasteiger partial charge on any atom is -0.388 e. The minimum atomic E-state index is -0.458. The first-order chi connectivity index (χ1) is 14.0. The van der Waals surface area contributed by atoms with E-state index in [9.17, 15) is 14.5 Å². The molecule has 2 amide bonds. The van der Waals surface area contributed by atoms with Gasteiger partial charge in [-0.1, -0.05) is 19.3 Å². The third-order valence-corrected chi connectivity index (χ3v) is 5.05. The molecule has 2 rings (SSSR count). The molecular formula is C20H32N4O5+2. The molecule has 1 aromatic heterocycles. The van der Waals surface area contributed by atoms with Crippen molar-refractivity contribution in [1.29, 1.82) is 0 Å². The van der Waals surface area contributed by atoms with E-state index in [0.717, 1.165) is 12.8 Å². The molecule has 1 saturated carbocycles. The van der Waals surface area contributed by atoms with E-state index in [0.29, 0.717) is 16.4 Å². The van der Waals surface area contributed by atoms with Crippen molar-refractivity contribution in [1.82, 2.24) is 10.6 Å². The van der Waals surface area contributed by atoms with Crippen LogP contribution in [-0.2, 0) is 16.3 Å². The number of pyridine rings is 1. The normalized spacial score (nSPS) is 15.2. The van der Waals surface area contributed by atoms with Crippen LogP contribution in [0.4, 0.5) is 4.79 Å². The first-order valence-electron chi connectivity index (χ1n) is 10.3. The van der Waals surface area contributed by atoms with Crippen molar-refractivity contribution >= 4 is 12.0 Å². The summed E-state index contributed by atoms with van der Waals surface area (Å²) in [5.74, 6) is 0.207. The SMILES string of the molecule is CC[N+](=O)OCCNC(=O)c1ccc[n+](COC(=O)N[C@H](C)C2CCCCC2)c1. The lowest BCUT2D eigenvalue weighted by Gasteiger charge is -2.27. The third-order valence-electron chi connectivity index (χ3n) is 5.05. The summed E-state index contributed by atoms with van der Waals surface area (Å²) in [6, 6.07) is 3.45. The Morgan fingerprint density at radius 1 is 1.31 bits per heavy atom. The van der Waals surface area contributed by atoms with Crippen LogP contribution in [0.15, 0.2) is 24.5 Å². The fourth-order valence-electron chi connectivity index (χ4n) is 3.35. The number of aromatic nitrogens is 1. The maximum Gasteiger partial charge on any atom is 0.412 e. The third kappa shape index (κ3) is 8.05. The number of ether oxygens (including phenoxy) is 1. The van der Waals surface area contributed by atoms with Gasteiger partial charge < -0.3 is 15.4 Å². The summed E-state index contributed by atoms with van der Waals surface area (Å²) >= 11 is 0. The van der Waals surface area contributed by atoms with Crippen LogP contribution in [0, 0.1) is 10.8 Å². The number of alkyl carbamates (subject to hydrolysis) is 1. The van der Waals surface area contributed by atoms with Gasteiger partial charge in [0.1, 0.15) is 5.56 Å². The first-order valence-corrected chi connectivity index (χ1v) is 10.3. The number of amides is 2. The molecular weight excluding hydrogens is 376 g/mol. The van der Waals surface area contributed by atoms with Crippen LogP contribution in [0.1, 0.15) is 56.3 Å². The number of hydrogen-bond donors (Lipinski definition) is 2. The molecule has 0 spiro atoms. The Morgan fingerprint density at radius 2 is 2.07 bits per heavy atom. The second-order valence-corrected chi connectivity index (χ2v) is 7.24. The average Bonchev–Trinajstić information content (AvgIpc) is 2.75. The molecule has 0 bridgehead atoms. The van der Waals surface area contributed by atoms with Crippen molar-refractivity contribution in [2.24, 2.45) is 5.92 Å². The van der Waals surface area contributed by atoms with Gasteiger partial charge in [0, 0.05) is 19.0 Å². The standard InChI is InChI=1S/C20H30N4O5/c1-3-24(27)29-13-11-21-19(25)18-10-7-12-23(14-18)15-28-20(26)22-16(2)17-8-5-4-6-9-17/h7,10,12,14,16-17H,3-6,8-9,11,13,15H2,1-2H3/p+2/t16-/m1/s1. The van der Waals surface area contributed by atoms with Gasteiger partial charge >= 0.3 is 6.09 Å². The maximum atomic E-state index is 12.2. The van der Waals surface area contributed by atoms with Crippen molar-refractivity contribution in [3.05, 3.63) is 35.0 Å². The molecule has 1 aliphatic rings. The fourth-order valence-corrected chi connectivity index (χ4v) is 3.35. The van der Waals surface area contributed by atoms with Gasteiger partial charge in [-0.25, -0.2) is 9.63 Å². The Kier molecular flexibility index (Phi) is 9.33. The van der Waals surface area contributed by atoms with Crippen molar-refractivity contribution in [3.8, 4) is 0 Å². The van der Waals surface area contributed by atoms with Gasteiger partial charge in [-0.3, -0.25) is 4.79 Å². The summed E-state index contributed by atoms with van der Waals surface area (Å²) in [7, 11) is 0. The van der Waals surface area contributed by atoms with Crippen LogP contribution < -0.4 is 15.2 Å². The predicted octanol–water partition coefficient (Wildman–Crippen LogP) is 2.09. The van der Waals surface area contributed by atoms with Crippen LogP contribution in [-0.4, -0.2) is 42.7 Å². The van der Waals surface area contributed by atoms with Crippen molar-refractivity contribution in [2.45, 2.75) is 58.7 Å². The summed E-state index contributed by atoms with van der Waals surface area (Å²) in [5.41, 5.74) is 0.418. The van der Waals surface area contributed by atoms with Gasteiger partial charge in [0.15, 0.2) is 19.0 Å². The Labute approximate surface area is 171 Å². The van der Waals surface area contributed by atoms with Gasteiger partial charge in [0.05, 0.1) is 11.5 Å². The van der Waals surface area contributed by atoms with E-state index in [2.05, 4.69) is 10.6 Å². The van der Waals surface area contributed by atoms with E-state index in [4.69, 9.17) is 9.57 Å². The highest BCUT2D eigenvalue weighted by molar-refractivity contribution is 5.93. The Balaban J connectivity index is 1.74. The van der Waals surface area contributed by atoms with Gasteiger partial charge in [-0.15, -0.1) is 0 Å². The average molecular weight is 408 g/mol. The van der Waals surface area contributed by atoms with E-state index in [1.165, 1.54) is 19.3 Å². The minimum absolute atomic E-state index is 0.00902. The number of carbonyl (C=O) groups is 2. The molecule has 0 aromatic carbocycles. The van der Waals surface area contributed by atoms with Gasteiger partial charge in [-0.05, 0) is 31.7 Å². The number of rotatable bonds is 10. The molecule has 0 saturated heterocycles. The second kappa shape index (κ2) is 12.0. The number of carbonyl (C=O) groups excluding carboxylic acids is 2. The van der Waals surface area contributed by atoms with Crippen LogP contribution >= 0.6 is 0 Å². The van der Waals surface area contributed by atoms with Crippen molar-refractivity contribution in [3.63, 3.8) is 0 Å². The first kappa shape index (κ1) is 22.6. The lowest BCUT2D eigenvalue weighted by atomic mass is 9.85. The largest absolute Gasteiger partial charge is 0.412 e. The summed E-state index contributed by atoms with van der Waals surface area (Å²) < 4.78 is 6.90. The Bertz CT molecular complexity index is 691. The summed E-state index contributed by atoms with van der Waals surface area (Å²) in [4.78, 5) is 40.5. The molecule has 1 fully saturated rings. The van der Waals surface area contributed by atoms with E-state index in [1.54, 1.807) is 36.0 Å². The summed E-state index contributed by atoms with van der Waals surface area (Å²) in [6.07, 6.45) is 8.85. The van der Waals surface area contributed by atoms with E-state index in [1.807, 2.05) is 6.92 Å². The molecule has 9 nitrogen and oxygen atoms in total. The zero-order valence-electron chi connectivity index (χ0n) is 17.3. The molecule has 2 N–H and O–H groups in total. The smallest absolute Gasteiger partial charge is 0.388 e. The van der Waals surface area contributed by atoms with Crippen LogP contribution in [0.2, 0.25) is 0 Å². The van der Waals surface area contributed by atoms with Gasteiger partial charge in [0.25, 0.3) is 12.6 Å². The summed E-state index contributed by atoms with van der Waals surface area (Å²) in [5, 5.41) is 5.58. The molecule has 0 aliphatic heterocycles. The summed E-state index contributed by atoms with van der Waals surface area (Å²) in [6.45, 7) is 4.23. The molecule has 0 unspecified atom stereocenters. The zero-order valence-corrected chi connectivity index (χ0v) is 17.3. The topological polar surface area (TPSA) is 101 Å². The van der Waals surface area contributed by atoms with Crippen LogP contribution in [0.5, 0.6) is 0 Å². The fraction of sp³-hybridized carbons (Fsp3) is 0.650. The molecule has 1 aliphatic carbocycles. The highest BCUT2D eigenvalue weighted by Crippen LogP contribution is 2.26. The van der Waals surface area contributed by atoms with E-state index in [-0.39, 0.29) is 38.4 Å². The van der Waals surface area contributed by atoms with Crippen molar-refractivity contribution in [2.75, 3.05) is 19.7 Å². The van der Waals surface area contributed by atoms with Gasteiger partial charge in [-0.2, -0.15) is 4.57 Å². The number of nitrogens with one attached hydrogen (secondary N) is 2. The van der Waals surface area contributed by atoms with E-state index >= 15 is 0 Å². The molecule has 0 radical (unpaired) electrons. The maximum absolute atomic E-state index is 12.2. The monoisotopic (exact) mass is 408 g/mol. The molecule has 160 valence electrons. The molecule has 9 heteroatoms.